The summed E-state index contributed by atoms with van der Waals surface area (Å²) in [5, 5.41) is 4.22. The number of rotatable bonds is 5. The summed E-state index contributed by atoms with van der Waals surface area (Å²) >= 11 is 0. The largest absolute Gasteiger partial charge is 0.338 e. The monoisotopic (exact) mass is 353 g/mol. The van der Waals surface area contributed by atoms with Crippen LogP contribution in [0.15, 0.2) is 29.0 Å². The molecule has 2 saturated heterocycles. The van der Waals surface area contributed by atoms with Crippen molar-refractivity contribution in [1.82, 2.24) is 24.9 Å². The average Bonchev–Trinajstić information content (AvgIpc) is 3.12. The van der Waals surface area contributed by atoms with Crippen LogP contribution in [0.1, 0.15) is 59.7 Å². The van der Waals surface area contributed by atoms with Crippen LogP contribution >= 0.6 is 0 Å². The molecule has 2 aromatic rings. The second kappa shape index (κ2) is 6.46. The highest BCUT2D eigenvalue weighted by Crippen LogP contribution is 2.37. The average molecular weight is 353 g/mol. The first kappa shape index (κ1) is 15.9. The van der Waals surface area contributed by atoms with E-state index in [0.717, 1.165) is 30.6 Å². The first-order valence-electron chi connectivity index (χ1n) is 9.55. The Kier molecular flexibility index (Phi) is 3.96. The van der Waals surface area contributed by atoms with Gasteiger partial charge in [-0.25, -0.2) is 0 Å². The van der Waals surface area contributed by atoms with E-state index < -0.39 is 0 Å². The number of hydrogen-bond donors (Lipinski definition) is 0. The third kappa shape index (κ3) is 3.00. The molecular weight excluding hydrogens is 330 g/mol. The summed E-state index contributed by atoms with van der Waals surface area (Å²) in [6, 6.07) is 3.86. The first-order valence-corrected chi connectivity index (χ1v) is 9.55. The minimum Gasteiger partial charge on any atom is -0.338 e. The fourth-order valence-electron chi connectivity index (χ4n) is 3.98. The van der Waals surface area contributed by atoms with Crippen molar-refractivity contribution in [3.05, 3.63) is 41.8 Å². The topological polar surface area (TPSA) is 75.4 Å². The van der Waals surface area contributed by atoms with Gasteiger partial charge in [-0.3, -0.25) is 14.7 Å². The van der Waals surface area contributed by atoms with Crippen LogP contribution in [0.5, 0.6) is 0 Å². The second-order valence-electron chi connectivity index (χ2n) is 7.74. The van der Waals surface area contributed by atoms with Gasteiger partial charge in [0.2, 0.25) is 5.89 Å². The molecular formula is C19H23N5O2. The van der Waals surface area contributed by atoms with Crippen LogP contribution in [0.2, 0.25) is 0 Å². The van der Waals surface area contributed by atoms with Crippen LogP contribution in [0.4, 0.5) is 0 Å². The molecule has 5 rings (SSSR count). The summed E-state index contributed by atoms with van der Waals surface area (Å²) < 4.78 is 5.60. The molecule has 7 heteroatoms. The van der Waals surface area contributed by atoms with Crippen molar-refractivity contribution in [3.8, 4) is 0 Å². The highest BCUT2D eigenvalue weighted by atomic mass is 16.5. The van der Waals surface area contributed by atoms with Crippen molar-refractivity contribution in [2.24, 2.45) is 5.92 Å². The summed E-state index contributed by atoms with van der Waals surface area (Å²) in [6.45, 7) is 3.58. The van der Waals surface area contributed by atoms with Gasteiger partial charge in [-0.15, -0.1) is 0 Å². The number of amides is 1. The Labute approximate surface area is 152 Å². The number of carbonyl (C=O) groups is 1. The van der Waals surface area contributed by atoms with Gasteiger partial charge in [0.1, 0.15) is 0 Å². The van der Waals surface area contributed by atoms with Gasteiger partial charge in [-0.2, -0.15) is 4.98 Å². The Morgan fingerprint density at radius 1 is 1.27 bits per heavy atom. The van der Waals surface area contributed by atoms with Gasteiger partial charge in [-0.05, 0) is 50.3 Å². The van der Waals surface area contributed by atoms with Crippen LogP contribution in [0.25, 0.3) is 0 Å². The third-order valence-corrected chi connectivity index (χ3v) is 5.74. The molecule has 136 valence electrons. The van der Waals surface area contributed by atoms with Crippen LogP contribution in [-0.4, -0.2) is 57.0 Å². The zero-order valence-electron chi connectivity index (χ0n) is 14.8. The minimum absolute atomic E-state index is 0.0180. The van der Waals surface area contributed by atoms with Crippen molar-refractivity contribution in [3.63, 3.8) is 0 Å². The molecule has 0 aromatic carbocycles. The predicted molar refractivity (Wildman–Crippen MR) is 93.5 cm³/mol. The van der Waals surface area contributed by atoms with E-state index in [-0.39, 0.29) is 17.9 Å². The number of hydrogen-bond acceptors (Lipinski definition) is 6. The highest BCUT2D eigenvalue weighted by molar-refractivity contribution is 5.94. The van der Waals surface area contributed by atoms with Gasteiger partial charge in [0.25, 0.3) is 5.91 Å². The lowest BCUT2D eigenvalue weighted by Crippen LogP contribution is -2.48. The number of nitrogens with zero attached hydrogens (tertiary/aromatic N) is 5. The van der Waals surface area contributed by atoms with E-state index in [1.807, 2.05) is 4.90 Å². The molecule has 1 atom stereocenters. The maximum Gasteiger partial charge on any atom is 0.255 e. The molecule has 1 amide bonds. The summed E-state index contributed by atoms with van der Waals surface area (Å²) in [4.78, 5) is 25.4. The summed E-state index contributed by atoms with van der Waals surface area (Å²) in [5.74, 6) is 2.57. The fraction of sp³-hybridized carbons (Fsp3) is 0.579. The Balaban J connectivity index is 1.21. The van der Waals surface area contributed by atoms with E-state index in [2.05, 4.69) is 20.0 Å². The van der Waals surface area contributed by atoms with Crippen LogP contribution in [-0.2, 0) is 0 Å². The number of pyridine rings is 1. The molecule has 0 radical (unpaired) electrons. The Morgan fingerprint density at radius 2 is 2.15 bits per heavy atom. The lowest BCUT2D eigenvalue weighted by atomic mass is 9.98. The molecule has 2 aromatic heterocycles. The van der Waals surface area contributed by atoms with E-state index in [1.165, 1.54) is 25.8 Å². The fourth-order valence-corrected chi connectivity index (χ4v) is 3.98. The van der Waals surface area contributed by atoms with Gasteiger partial charge >= 0.3 is 0 Å². The molecule has 26 heavy (non-hydrogen) atoms. The van der Waals surface area contributed by atoms with Crippen molar-refractivity contribution in [2.45, 2.75) is 37.6 Å². The normalized spacial score (nSPS) is 24.0. The summed E-state index contributed by atoms with van der Waals surface area (Å²) in [7, 11) is 0. The van der Waals surface area contributed by atoms with E-state index >= 15 is 0 Å². The second-order valence-corrected chi connectivity index (χ2v) is 7.74. The predicted octanol–water partition coefficient (Wildman–Crippen LogP) is 2.25. The molecule has 1 saturated carbocycles. The van der Waals surface area contributed by atoms with Crippen molar-refractivity contribution in [1.29, 1.82) is 0 Å². The Bertz CT molecular complexity index is 782. The van der Waals surface area contributed by atoms with Gasteiger partial charge in [0.15, 0.2) is 5.82 Å². The first-order chi connectivity index (χ1) is 12.8. The smallest absolute Gasteiger partial charge is 0.255 e. The molecule has 0 bridgehead atoms. The molecule has 1 unspecified atom stereocenters. The minimum atomic E-state index is 0.0180. The van der Waals surface area contributed by atoms with Crippen LogP contribution in [0.3, 0.4) is 0 Å². The van der Waals surface area contributed by atoms with E-state index in [0.29, 0.717) is 18.7 Å². The van der Waals surface area contributed by atoms with Crippen molar-refractivity contribution >= 4 is 5.91 Å². The Morgan fingerprint density at radius 3 is 2.92 bits per heavy atom. The van der Waals surface area contributed by atoms with Crippen LogP contribution < -0.4 is 0 Å². The van der Waals surface area contributed by atoms with Crippen molar-refractivity contribution < 1.29 is 9.32 Å². The van der Waals surface area contributed by atoms with E-state index in [9.17, 15) is 4.79 Å². The molecule has 0 spiro atoms. The number of carbonyl (C=O) groups excluding carboxylic acids is 1. The molecule has 7 nitrogen and oxygen atoms in total. The van der Waals surface area contributed by atoms with Crippen molar-refractivity contribution in [2.75, 3.05) is 26.2 Å². The van der Waals surface area contributed by atoms with E-state index in [4.69, 9.17) is 4.52 Å². The highest BCUT2D eigenvalue weighted by Gasteiger charge is 2.38. The lowest BCUT2D eigenvalue weighted by molar-refractivity contribution is 0.0592. The summed E-state index contributed by atoms with van der Waals surface area (Å²) in [6.07, 6.45) is 8.31. The molecule has 3 fully saturated rings. The third-order valence-electron chi connectivity index (χ3n) is 5.74. The SMILES string of the molecule is O=C(c1cccnc1)N1CC(c2noc(C3CCCN3CC3CC3)n2)C1. The maximum absolute atomic E-state index is 12.4. The van der Waals surface area contributed by atoms with Gasteiger partial charge < -0.3 is 9.42 Å². The number of likely N-dealkylation sites (tertiary alicyclic amines) is 2. The van der Waals surface area contributed by atoms with Crippen LogP contribution in [0, 0.1) is 5.92 Å². The lowest BCUT2D eigenvalue weighted by Gasteiger charge is -2.37. The zero-order valence-corrected chi connectivity index (χ0v) is 14.8. The maximum atomic E-state index is 12.4. The van der Waals surface area contributed by atoms with Gasteiger partial charge in [0, 0.05) is 32.0 Å². The summed E-state index contributed by atoms with van der Waals surface area (Å²) in [5.41, 5.74) is 0.626. The molecule has 2 aliphatic heterocycles. The van der Waals surface area contributed by atoms with E-state index in [1.54, 1.807) is 24.5 Å². The molecule has 1 aliphatic carbocycles. The standard InChI is InChI=1S/C19H23N5O2/c25-19(14-3-1-7-20-9-14)24-11-15(12-24)17-21-18(26-22-17)16-4-2-8-23(16)10-13-5-6-13/h1,3,7,9,13,15-16H,2,4-6,8,10-12H2. The Hall–Kier alpha value is -2.28. The number of aromatic nitrogens is 3. The zero-order chi connectivity index (χ0) is 17.5. The molecule has 3 aliphatic rings. The van der Waals surface area contributed by atoms with Gasteiger partial charge in [-0.1, -0.05) is 5.16 Å². The molecule has 0 N–H and O–H groups in total. The molecule has 4 heterocycles. The quantitative estimate of drug-likeness (QED) is 0.821. The van der Waals surface area contributed by atoms with Gasteiger partial charge in [0.05, 0.1) is 17.5 Å².